The van der Waals surface area contributed by atoms with Crippen LogP contribution in [0.25, 0.3) is 10.9 Å². The first-order valence-corrected chi connectivity index (χ1v) is 9.02. The Labute approximate surface area is 135 Å². The molecule has 1 fully saturated rings. The number of hydrogen-bond donors (Lipinski definition) is 1. The second-order valence-corrected chi connectivity index (χ2v) is 7.73. The van der Waals surface area contributed by atoms with Crippen LogP contribution >= 0.6 is 0 Å². The summed E-state index contributed by atoms with van der Waals surface area (Å²) < 4.78 is 27.4. The summed E-state index contributed by atoms with van der Waals surface area (Å²) in [4.78, 5) is 16.1. The standard InChI is InChI=1S/C16H19N3O3S/c1-11-9-12-5-4-7-14(15(12)18-10-11)23(21,22)19-8-3-2-6-13(19)16(17)20/h4-5,7,9-10,13H,2-3,6,8H2,1H3,(H2,17,20). The third-order valence-electron chi connectivity index (χ3n) is 4.18. The van der Waals surface area contributed by atoms with Crippen molar-refractivity contribution in [2.45, 2.75) is 37.1 Å². The molecule has 122 valence electrons. The maximum atomic E-state index is 13.1. The van der Waals surface area contributed by atoms with E-state index in [1.54, 1.807) is 12.3 Å². The summed E-state index contributed by atoms with van der Waals surface area (Å²) in [6, 6.07) is 6.17. The van der Waals surface area contributed by atoms with Gasteiger partial charge in [-0.1, -0.05) is 18.6 Å². The molecular weight excluding hydrogens is 314 g/mol. The number of rotatable bonds is 3. The van der Waals surface area contributed by atoms with Gasteiger partial charge >= 0.3 is 0 Å². The molecule has 1 aliphatic rings. The summed E-state index contributed by atoms with van der Waals surface area (Å²) in [5.74, 6) is -0.600. The smallest absolute Gasteiger partial charge is 0.245 e. The Balaban J connectivity index is 2.14. The number of benzene rings is 1. The van der Waals surface area contributed by atoms with Crippen molar-refractivity contribution in [2.75, 3.05) is 6.54 Å². The number of nitrogens with zero attached hydrogens (tertiary/aromatic N) is 2. The lowest BCUT2D eigenvalue weighted by atomic mass is 10.0. The zero-order valence-electron chi connectivity index (χ0n) is 12.9. The fraction of sp³-hybridized carbons (Fsp3) is 0.375. The van der Waals surface area contributed by atoms with Gasteiger partial charge in [0.25, 0.3) is 0 Å². The second-order valence-electron chi connectivity index (χ2n) is 5.87. The number of fused-ring (bicyclic) bond motifs is 1. The van der Waals surface area contributed by atoms with Crippen LogP contribution in [0.3, 0.4) is 0 Å². The number of para-hydroxylation sites is 1. The molecule has 1 unspecified atom stereocenters. The Morgan fingerprint density at radius 1 is 1.35 bits per heavy atom. The predicted octanol–water partition coefficient (Wildman–Crippen LogP) is 1.57. The molecule has 1 aromatic carbocycles. The Morgan fingerprint density at radius 2 is 2.13 bits per heavy atom. The van der Waals surface area contributed by atoms with Gasteiger partial charge in [-0.25, -0.2) is 8.42 Å². The average Bonchev–Trinajstić information content (AvgIpc) is 2.53. The molecule has 2 aromatic rings. The summed E-state index contributed by atoms with van der Waals surface area (Å²) in [5, 5.41) is 0.763. The van der Waals surface area contributed by atoms with E-state index < -0.39 is 22.0 Å². The zero-order chi connectivity index (χ0) is 16.6. The van der Waals surface area contributed by atoms with Crippen LogP contribution in [0.15, 0.2) is 35.4 Å². The van der Waals surface area contributed by atoms with Crippen molar-refractivity contribution in [1.82, 2.24) is 9.29 Å². The SMILES string of the molecule is Cc1cnc2c(S(=O)(=O)N3CCCCC3C(N)=O)cccc2c1. The number of piperidine rings is 1. The molecule has 1 atom stereocenters. The highest BCUT2D eigenvalue weighted by Crippen LogP contribution is 2.29. The summed E-state index contributed by atoms with van der Waals surface area (Å²) in [7, 11) is -3.83. The number of primary amides is 1. The third-order valence-corrected chi connectivity index (χ3v) is 6.12. The van der Waals surface area contributed by atoms with Crippen LogP contribution in [-0.4, -0.2) is 36.2 Å². The van der Waals surface area contributed by atoms with Crippen LogP contribution in [0.2, 0.25) is 0 Å². The Kier molecular flexibility index (Phi) is 4.08. The number of carbonyl (C=O) groups is 1. The number of aromatic nitrogens is 1. The highest BCUT2D eigenvalue weighted by atomic mass is 32.2. The largest absolute Gasteiger partial charge is 0.368 e. The van der Waals surface area contributed by atoms with Crippen LogP contribution in [0.5, 0.6) is 0 Å². The third kappa shape index (κ3) is 2.82. The summed E-state index contributed by atoms with van der Waals surface area (Å²) in [6.07, 6.45) is 3.63. The molecule has 2 N–H and O–H groups in total. The van der Waals surface area contributed by atoms with Crippen molar-refractivity contribution in [1.29, 1.82) is 0 Å². The molecule has 0 radical (unpaired) electrons. The molecule has 0 bridgehead atoms. The molecule has 1 amide bonds. The van der Waals surface area contributed by atoms with Crippen molar-refractivity contribution in [2.24, 2.45) is 5.73 Å². The number of amides is 1. The molecule has 0 spiro atoms. The van der Waals surface area contributed by atoms with E-state index in [0.29, 0.717) is 18.5 Å². The van der Waals surface area contributed by atoms with E-state index in [1.807, 2.05) is 19.1 Å². The van der Waals surface area contributed by atoms with Crippen LogP contribution in [-0.2, 0) is 14.8 Å². The highest BCUT2D eigenvalue weighted by Gasteiger charge is 2.37. The molecule has 0 saturated carbocycles. The van der Waals surface area contributed by atoms with E-state index in [-0.39, 0.29) is 4.90 Å². The van der Waals surface area contributed by atoms with Crippen LogP contribution in [0, 0.1) is 6.92 Å². The van der Waals surface area contributed by atoms with E-state index in [2.05, 4.69) is 4.98 Å². The maximum absolute atomic E-state index is 13.1. The Hall–Kier alpha value is -1.99. The summed E-state index contributed by atoms with van der Waals surface area (Å²) in [5.41, 5.74) is 6.79. The number of hydrogen-bond acceptors (Lipinski definition) is 4. The van der Waals surface area contributed by atoms with Gasteiger partial charge in [0.1, 0.15) is 10.9 Å². The lowest BCUT2D eigenvalue weighted by Crippen LogP contribution is -2.50. The fourth-order valence-electron chi connectivity index (χ4n) is 3.05. The van der Waals surface area contributed by atoms with Crippen LogP contribution < -0.4 is 5.73 Å². The minimum atomic E-state index is -3.83. The lowest BCUT2D eigenvalue weighted by Gasteiger charge is -2.32. The summed E-state index contributed by atoms with van der Waals surface area (Å²) in [6.45, 7) is 2.21. The quantitative estimate of drug-likeness (QED) is 0.922. The average molecular weight is 333 g/mol. The molecule has 2 heterocycles. The number of sulfonamides is 1. The van der Waals surface area contributed by atoms with Gasteiger partial charge in [-0.15, -0.1) is 0 Å². The first-order chi connectivity index (χ1) is 10.9. The van der Waals surface area contributed by atoms with E-state index >= 15 is 0 Å². The molecule has 0 aliphatic carbocycles. The monoisotopic (exact) mass is 333 g/mol. The first kappa shape index (κ1) is 15.9. The van der Waals surface area contributed by atoms with Gasteiger partial charge in [-0.3, -0.25) is 9.78 Å². The number of nitrogens with two attached hydrogens (primary N) is 1. The number of pyridine rings is 1. The number of aryl methyl sites for hydroxylation is 1. The van der Waals surface area contributed by atoms with E-state index in [1.165, 1.54) is 10.4 Å². The fourth-order valence-corrected chi connectivity index (χ4v) is 4.89. The highest BCUT2D eigenvalue weighted by molar-refractivity contribution is 7.89. The van der Waals surface area contributed by atoms with Crippen LogP contribution in [0.4, 0.5) is 0 Å². The maximum Gasteiger partial charge on any atom is 0.245 e. The van der Waals surface area contributed by atoms with Gasteiger partial charge in [0.15, 0.2) is 0 Å². The van der Waals surface area contributed by atoms with Crippen molar-refractivity contribution in [3.8, 4) is 0 Å². The van der Waals surface area contributed by atoms with Gasteiger partial charge in [0.05, 0.1) is 5.52 Å². The molecular formula is C16H19N3O3S. The second kappa shape index (κ2) is 5.90. The normalized spacial score (nSPS) is 19.8. The minimum Gasteiger partial charge on any atom is -0.368 e. The van der Waals surface area contributed by atoms with E-state index in [4.69, 9.17) is 5.73 Å². The lowest BCUT2D eigenvalue weighted by molar-refractivity contribution is -0.122. The van der Waals surface area contributed by atoms with Gasteiger partial charge in [-0.2, -0.15) is 4.31 Å². The van der Waals surface area contributed by atoms with Crippen LogP contribution in [0.1, 0.15) is 24.8 Å². The van der Waals surface area contributed by atoms with E-state index in [9.17, 15) is 13.2 Å². The predicted molar refractivity (Wildman–Crippen MR) is 87.2 cm³/mol. The molecule has 23 heavy (non-hydrogen) atoms. The minimum absolute atomic E-state index is 0.128. The Morgan fingerprint density at radius 3 is 2.87 bits per heavy atom. The van der Waals surface area contributed by atoms with Crippen molar-refractivity contribution < 1.29 is 13.2 Å². The summed E-state index contributed by atoms with van der Waals surface area (Å²) >= 11 is 0. The van der Waals surface area contributed by atoms with Crippen molar-refractivity contribution >= 4 is 26.8 Å². The van der Waals surface area contributed by atoms with Crippen molar-refractivity contribution in [3.05, 3.63) is 36.0 Å². The molecule has 1 aromatic heterocycles. The van der Waals surface area contributed by atoms with Gasteiger partial charge in [-0.05, 0) is 37.5 Å². The molecule has 1 aliphatic heterocycles. The zero-order valence-corrected chi connectivity index (χ0v) is 13.7. The first-order valence-electron chi connectivity index (χ1n) is 7.58. The topological polar surface area (TPSA) is 93.4 Å². The molecule has 1 saturated heterocycles. The molecule has 3 rings (SSSR count). The van der Waals surface area contributed by atoms with E-state index in [0.717, 1.165) is 23.8 Å². The molecule has 7 heteroatoms. The van der Waals surface area contributed by atoms with Gasteiger partial charge < -0.3 is 5.73 Å². The van der Waals surface area contributed by atoms with Gasteiger partial charge in [0.2, 0.25) is 15.9 Å². The van der Waals surface area contributed by atoms with Gasteiger partial charge in [0, 0.05) is 18.1 Å². The van der Waals surface area contributed by atoms with Crippen molar-refractivity contribution in [3.63, 3.8) is 0 Å². The number of carbonyl (C=O) groups excluding carboxylic acids is 1. The Bertz CT molecular complexity index is 864. The molecule has 6 nitrogen and oxygen atoms in total.